The van der Waals surface area contributed by atoms with Crippen LogP contribution in [-0.2, 0) is 27.7 Å². The Bertz CT molecular complexity index is 1350. The minimum atomic E-state index is -3.25. The van der Waals surface area contributed by atoms with Crippen molar-refractivity contribution in [1.82, 2.24) is 10.2 Å². The average Bonchev–Trinajstić information content (AvgIpc) is 3.24. The van der Waals surface area contributed by atoms with Gasteiger partial charge in [0.05, 0.1) is 34.0 Å². The van der Waals surface area contributed by atoms with Crippen molar-refractivity contribution in [2.45, 2.75) is 51.7 Å². The average molecular weight is 519 g/mol. The van der Waals surface area contributed by atoms with Crippen molar-refractivity contribution >= 4 is 22.5 Å². The lowest BCUT2D eigenvalue weighted by Crippen LogP contribution is -2.35. The molecule has 1 atom stereocenters. The number of sulfone groups is 1. The molecular formula is C29H34N4O3S. The molecule has 0 spiro atoms. The Kier molecular flexibility index (Phi) is 9.19. The molecule has 194 valence electrons. The van der Waals surface area contributed by atoms with Crippen LogP contribution in [0.1, 0.15) is 44.4 Å². The van der Waals surface area contributed by atoms with E-state index in [0.29, 0.717) is 36.7 Å². The molecule has 3 rings (SSSR count). The number of nitrogens with one attached hydrogen (secondary N) is 1. The second-order valence-electron chi connectivity index (χ2n) is 9.53. The van der Waals surface area contributed by atoms with Crippen LogP contribution < -0.4 is 5.32 Å². The van der Waals surface area contributed by atoms with Gasteiger partial charge >= 0.3 is 0 Å². The maximum absolute atomic E-state index is 12.8. The van der Waals surface area contributed by atoms with Gasteiger partial charge in [0, 0.05) is 25.2 Å². The van der Waals surface area contributed by atoms with E-state index in [4.69, 9.17) is 5.26 Å². The number of hydrogen-bond donors (Lipinski definition) is 1. The summed E-state index contributed by atoms with van der Waals surface area (Å²) < 4.78 is 24.0. The number of nitrogens with zero attached hydrogens (tertiary/aromatic N) is 3. The number of aliphatic imine (C=N–C) groups is 1. The van der Waals surface area contributed by atoms with Crippen LogP contribution in [0.4, 0.5) is 0 Å². The lowest BCUT2D eigenvalue weighted by atomic mass is 9.99. The van der Waals surface area contributed by atoms with Crippen LogP contribution in [0.2, 0.25) is 0 Å². The molecule has 1 aliphatic rings. The molecule has 7 nitrogen and oxygen atoms in total. The van der Waals surface area contributed by atoms with Crippen LogP contribution in [0.15, 0.2) is 81.3 Å². The molecule has 0 aromatic heterocycles. The quantitative estimate of drug-likeness (QED) is 0.371. The first-order chi connectivity index (χ1) is 17.6. The molecule has 0 radical (unpaired) electrons. The van der Waals surface area contributed by atoms with E-state index in [-0.39, 0.29) is 22.6 Å². The van der Waals surface area contributed by atoms with Crippen LogP contribution in [0.25, 0.3) is 0 Å². The highest BCUT2D eigenvalue weighted by molar-refractivity contribution is 7.91. The molecule has 37 heavy (non-hydrogen) atoms. The Balaban J connectivity index is 1.72. The van der Waals surface area contributed by atoms with E-state index < -0.39 is 9.84 Å². The molecule has 2 aromatic rings. The molecule has 1 aliphatic heterocycles. The molecule has 1 amide bonds. The van der Waals surface area contributed by atoms with Crippen molar-refractivity contribution < 1.29 is 13.2 Å². The summed E-state index contributed by atoms with van der Waals surface area (Å²) >= 11 is 0. The van der Waals surface area contributed by atoms with Crippen molar-refractivity contribution in [1.29, 1.82) is 5.26 Å². The first kappa shape index (κ1) is 28.0. The van der Waals surface area contributed by atoms with E-state index >= 15 is 0 Å². The molecule has 1 N–H and O–H groups in total. The van der Waals surface area contributed by atoms with E-state index in [0.717, 1.165) is 22.4 Å². The van der Waals surface area contributed by atoms with Gasteiger partial charge < -0.3 is 5.32 Å². The normalized spacial score (nSPS) is 16.6. The van der Waals surface area contributed by atoms with Crippen molar-refractivity contribution in [3.63, 3.8) is 0 Å². The Labute approximate surface area is 220 Å². The van der Waals surface area contributed by atoms with Gasteiger partial charge in [-0.15, -0.1) is 0 Å². The summed E-state index contributed by atoms with van der Waals surface area (Å²) in [5, 5.41) is 12.0. The third kappa shape index (κ3) is 6.82. The minimum Gasteiger partial charge on any atom is -0.348 e. The zero-order chi connectivity index (χ0) is 27.2. The predicted molar refractivity (Wildman–Crippen MR) is 147 cm³/mol. The highest BCUT2D eigenvalue weighted by Crippen LogP contribution is 2.33. The second kappa shape index (κ2) is 12.1. The van der Waals surface area contributed by atoms with Gasteiger partial charge in [-0.3, -0.25) is 14.7 Å². The summed E-state index contributed by atoms with van der Waals surface area (Å²) in [6.07, 6.45) is 1.88. The van der Waals surface area contributed by atoms with Crippen LogP contribution in [0.5, 0.6) is 0 Å². The van der Waals surface area contributed by atoms with Gasteiger partial charge in [-0.1, -0.05) is 45.0 Å². The van der Waals surface area contributed by atoms with E-state index in [2.05, 4.69) is 41.8 Å². The topological polar surface area (TPSA) is 103 Å². The molecule has 0 unspecified atom stereocenters. The number of benzene rings is 2. The largest absolute Gasteiger partial charge is 0.348 e. The summed E-state index contributed by atoms with van der Waals surface area (Å²) in [5.74, 6) is 0.138. The Hall–Kier alpha value is -3.54. The fourth-order valence-electron chi connectivity index (χ4n) is 4.52. The fraction of sp³-hybridized carbons (Fsp3) is 0.345. The second-order valence-corrected chi connectivity index (χ2v) is 11.8. The highest BCUT2D eigenvalue weighted by Gasteiger charge is 2.34. The summed E-state index contributed by atoms with van der Waals surface area (Å²) in [6.45, 7) is 13.1. The van der Waals surface area contributed by atoms with Crippen LogP contribution in [-0.4, -0.2) is 44.3 Å². The lowest BCUT2D eigenvalue weighted by Gasteiger charge is -2.28. The number of carbonyl (C=O) groups excluding carboxylic acids is 1. The fourth-order valence-corrected chi connectivity index (χ4v) is 5.40. The van der Waals surface area contributed by atoms with Crippen molar-refractivity contribution in [2.75, 3.05) is 12.3 Å². The van der Waals surface area contributed by atoms with Crippen LogP contribution in [0.3, 0.4) is 0 Å². The van der Waals surface area contributed by atoms with Crippen molar-refractivity contribution in [3.05, 3.63) is 88.1 Å². The monoisotopic (exact) mass is 518 g/mol. The zero-order valence-corrected chi connectivity index (χ0v) is 22.7. The standard InChI is InChI=1S/C29H34N4O3S/c1-6-37(35,36)26-13-11-23(12-14-26)17-32-29(34)21(4)15-25-19-33(28(20(2)3)27(25)31-5)18-24-9-7-22(16-30)8-10-24/h7-15,20,28H,5-6,17-19H2,1-4H3,(H,32,34)/b21-15+/t28-/m0/s1. The first-order valence-electron chi connectivity index (χ1n) is 12.3. The van der Waals surface area contributed by atoms with E-state index in [1.807, 2.05) is 30.3 Å². The van der Waals surface area contributed by atoms with Gasteiger partial charge in [0.15, 0.2) is 9.84 Å². The first-order valence-corrected chi connectivity index (χ1v) is 14.0. The maximum Gasteiger partial charge on any atom is 0.247 e. The summed E-state index contributed by atoms with van der Waals surface area (Å²) in [7, 11) is -3.25. The van der Waals surface area contributed by atoms with Crippen LogP contribution >= 0.6 is 0 Å². The molecule has 1 heterocycles. The van der Waals surface area contributed by atoms with Gasteiger partial charge in [0.2, 0.25) is 5.91 Å². The molecule has 2 aromatic carbocycles. The number of hydrogen-bond acceptors (Lipinski definition) is 6. The minimum absolute atomic E-state index is 0.0487. The third-order valence-electron chi connectivity index (χ3n) is 6.51. The lowest BCUT2D eigenvalue weighted by molar-refractivity contribution is -0.117. The predicted octanol–water partition coefficient (Wildman–Crippen LogP) is 4.41. The Morgan fingerprint density at radius 1 is 1.19 bits per heavy atom. The Morgan fingerprint density at radius 3 is 2.35 bits per heavy atom. The zero-order valence-electron chi connectivity index (χ0n) is 21.9. The smallest absolute Gasteiger partial charge is 0.247 e. The number of carbonyl (C=O) groups is 1. The van der Waals surface area contributed by atoms with Gasteiger partial charge in [0.25, 0.3) is 0 Å². The SMILES string of the molecule is C=NC1=C(/C=C(\C)C(=O)NCc2ccc(S(=O)(=O)CC)cc2)CN(Cc2ccc(C#N)cc2)[C@H]1C(C)C. The van der Waals surface area contributed by atoms with E-state index in [1.165, 1.54) is 0 Å². The number of rotatable bonds is 10. The van der Waals surface area contributed by atoms with Gasteiger partial charge in [-0.25, -0.2) is 8.42 Å². The molecule has 8 heteroatoms. The molecular weight excluding hydrogens is 484 g/mol. The van der Waals surface area contributed by atoms with Gasteiger partial charge in [-0.05, 0) is 66.6 Å². The summed E-state index contributed by atoms with van der Waals surface area (Å²) in [6, 6.07) is 16.4. The summed E-state index contributed by atoms with van der Waals surface area (Å²) in [5.41, 5.74) is 4.95. The maximum atomic E-state index is 12.8. The van der Waals surface area contributed by atoms with E-state index in [9.17, 15) is 13.2 Å². The summed E-state index contributed by atoms with van der Waals surface area (Å²) in [4.78, 5) is 19.8. The van der Waals surface area contributed by atoms with Crippen molar-refractivity contribution in [2.24, 2.45) is 10.9 Å². The molecule has 0 fully saturated rings. The number of amides is 1. The molecule has 0 saturated carbocycles. The van der Waals surface area contributed by atoms with Gasteiger partial charge in [-0.2, -0.15) is 5.26 Å². The van der Waals surface area contributed by atoms with Gasteiger partial charge in [0.1, 0.15) is 0 Å². The highest BCUT2D eigenvalue weighted by atomic mass is 32.2. The molecule has 0 saturated heterocycles. The third-order valence-corrected chi connectivity index (χ3v) is 8.26. The molecule has 0 bridgehead atoms. The Morgan fingerprint density at radius 2 is 1.81 bits per heavy atom. The molecule has 0 aliphatic carbocycles. The van der Waals surface area contributed by atoms with Crippen LogP contribution in [0, 0.1) is 17.2 Å². The number of nitriles is 1. The van der Waals surface area contributed by atoms with Crippen molar-refractivity contribution in [3.8, 4) is 6.07 Å². The van der Waals surface area contributed by atoms with E-state index in [1.54, 1.807) is 38.1 Å².